The fourth-order valence-corrected chi connectivity index (χ4v) is 16.0. The Morgan fingerprint density at radius 2 is 0.869 bits per heavy atom. The summed E-state index contributed by atoms with van der Waals surface area (Å²) in [7, 11) is -14.4. The van der Waals surface area contributed by atoms with E-state index in [0.717, 1.165) is 49.0 Å². The maximum atomic E-state index is 15.0. The predicted octanol–water partition coefficient (Wildman–Crippen LogP) is 13.1. The molecular formula is C52H66O6S3. The predicted molar refractivity (Wildman–Crippen MR) is 256 cm³/mol. The highest BCUT2D eigenvalue weighted by atomic mass is 32.3. The van der Waals surface area contributed by atoms with Crippen LogP contribution in [0.4, 0.5) is 0 Å². The number of hydrogen-bond acceptors (Lipinski definition) is 6. The average Bonchev–Trinajstić information content (AvgIpc) is 3.18. The topological polar surface area (TPSA) is 102 Å². The summed E-state index contributed by atoms with van der Waals surface area (Å²) in [4.78, 5) is -0.471. The van der Waals surface area contributed by atoms with E-state index >= 15 is 0 Å². The summed E-state index contributed by atoms with van der Waals surface area (Å²) in [5.41, 5.74) is 8.19. The van der Waals surface area contributed by atoms with E-state index < -0.39 is 38.7 Å². The van der Waals surface area contributed by atoms with Crippen LogP contribution in [0.5, 0.6) is 0 Å². The van der Waals surface area contributed by atoms with Gasteiger partial charge in [-0.15, -0.1) is 0 Å². The molecule has 2 aromatic carbocycles. The Hall–Kier alpha value is -4.31. The second kappa shape index (κ2) is 20.7. The normalized spacial score (nSPS) is 20.1. The van der Waals surface area contributed by atoms with Crippen LogP contribution in [-0.4, -0.2) is 34.4 Å². The van der Waals surface area contributed by atoms with Gasteiger partial charge in [0.25, 0.3) is 0 Å². The van der Waals surface area contributed by atoms with E-state index in [2.05, 4.69) is 65.8 Å². The highest BCUT2D eigenvalue weighted by Crippen LogP contribution is 2.42. The molecule has 0 radical (unpaired) electrons. The Labute approximate surface area is 368 Å². The van der Waals surface area contributed by atoms with Gasteiger partial charge in [-0.25, -0.2) is 25.3 Å². The first-order valence-corrected chi connectivity index (χ1v) is 25.8. The van der Waals surface area contributed by atoms with E-state index in [4.69, 9.17) is 0 Å². The summed E-state index contributed by atoms with van der Waals surface area (Å²) >= 11 is 0. The highest BCUT2D eigenvalue weighted by Gasteiger charge is 2.47. The Balaban J connectivity index is 1.77. The van der Waals surface area contributed by atoms with Gasteiger partial charge in [0, 0.05) is 0 Å². The molecule has 2 aliphatic rings. The molecule has 0 heterocycles. The number of sulfone groups is 3. The summed E-state index contributed by atoms with van der Waals surface area (Å²) in [6.07, 6.45) is 28.0. The third-order valence-electron chi connectivity index (χ3n) is 11.7. The van der Waals surface area contributed by atoms with Crippen LogP contribution in [0.3, 0.4) is 0 Å². The van der Waals surface area contributed by atoms with Crippen LogP contribution >= 0.6 is 0 Å². The maximum Gasteiger partial charge on any atom is 0.199 e. The lowest BCUT2D eigenvalue weighted by Crippen LogP contribution is -2.40. The smallest absolute Gasteiger partial charge is 0.199 e. The molecule has 61 heavy (non-hydrogen) atoms. The van der Waals surface area contributed by atoms with Crippen molar-refractivity contribution in [2.75, 3.05) is 0 Å². The van der Waals surface area contributed by atoms with E-state index in [0.29, 0.717) is 11.1 Å². The lowest BCUT2D eigenvalue weighted by atomic mass is 9.72. The number of benzene rings is 2. The summed E-state index contributed by atoms with van der Waals surface area (Å²) in [5.74, 6) is 0. The van der Waals surface area contributed by atoms with Crippen LogP contribution in [-0.2, 0) is 29.5 Å². The van der Waals surface area contributed by atoms with Gasteiger partial charge in [0.15, 0.2) is 38.7 Å². The van der Waals surface area contributed by atoms with Crippen molar-refractivity contribution in [3.8, 4) is 0 Å². The fraction of sp³-hybridized carbons (Fsp3) is 0.385. The minimum atomic E-state index is -5.08. The molecule has 328 valence electrons. The van der Waals surface area contributed by atoms with E-state index in [1.165, 1.54) is 83.7 Å². The first kappa shape index (κ1) is 49.3. The van der Waals surface area contributed by atoms with Crippen molar-refractivity contribution in [1.82, 2.24) is 0 Å². The molecule has 4 rings (SSSR count). The first-order chi connectivity index (χ1) is 28.5. The van der Waals surface area contributed by atoms with Crippen molar-refractivity contribution in [3.05, 3.63) is 178 Å². The molecule has 9 heteroatoms. The molecular weight excluding hydrogens is 817 g/mol. The SMILES string of the molecule is CC(C=CC1=C(C)CCCC1(C)C)=CC=CC(C)=CC(S(=O)(=O)c1ccccc1)S(=O)(=O)C(C=C(C)C=CC=C(C)C=CC1=C(C)CCCC1(C)C)S(=O)(=O)c1ccccc1. The lowest BCUT2D eigenvalue weighted by Gasteiger charge is -2.33. The largest absolute Gasteiger partial charge is 0.225 e. The average molecular weight is 883 g/mol. The molecule has 0 N–H and O–H groups in total. The molecule has 0 aromatic heterocycles. The Morgan fingerprint density at radius 3 is 1.20 bits per heavy atom. The Morgan fingerprint density at radius 1 is 0.525 bits per heavy atom. The molecule has 2 atom stereocenters. The van der Waals surface area contributed by atoms with Gasteiger partial charge in [0.1, 0.15) is 0 Å². The minimum Gasteiger partial charge on any atom is -0.225 e. The van der Waals surface area contributed by atoms with Crippen LogP contribution in [0.2, 0.25) is 0 Å². The molecule has 0 aliphatic heterocycles. The van der Waals surface area contributed by atoms with Crippen molar-refractivity contribution in [2.24, 2.45) is 10.8 Å². The zero-order valence-electron chi connectivity index (χ0n) is 37.8. The van der Waals surface area contributed by atoms with Crippen LogP contribution in [0, 0.1) is 10.8 Å². The zero-order valence-corrected chi connectivity index (χ0v) is 40.2. The highest BCUT2D eigenvalue weighted by molar-refractivity contribution is 8.16. The van der Waals surface area contributed by atoms with Crippen molar-refractivity contribution in [3.63, 3.8) is 0 Å². The van der Waals surface area contributed by atoms with Gasteiger partial charge in [-0.05, 0) is 138 Å². The number of allylic oxidation sites excluding steroid dienone is 18. The fourth-order valence-electron chi connectivity index (χ4n) is 8.15. The van der Waals surface area contributed by atoms with Gasteiger partial charge in [-0.2, -0.15) is 0 Å². The van der Waals surface area contributed by atoms with Crippen molar-refractivity contribution < 1.29 is 25.3 Å². The second-order valence-corrected chi connectivity index (χ2v) is 24.9. The molecule has 0 saturated heterocycles. The zero-order chi connectivity index (χ0) is 45.2. The molecule has 0 saturated carbocycles. The molecule has 0 spiro atoms. The van der Waals surface area contributed by atoms with E-state index in [-0.39, 0.29) is 20.6 Å². The molecule has 0 fully saturated rings. The third kappa shape index (κ3) is 12.9. The van der Waals surface area contributed by atoms with E-state index in [9.17, 15) is 25.3 Å². The standard InChI is InChI=1S/C52H66O6S3/c1-39(31-33-47-43(5)25-19-35-51(47,7)8)21-17-23-41(3)37-49(59(53,54)45-27-13-11-14-28-45)61(57,58)50(60(55,56)46-29-15-12-16-30-46)38-42(4)24-18-22-40(2)32-34-48-44(6)26-20-36-52(48,9)10/h11-18,21-24,27-34,37-38,49-50H,19-20,25-26,35-36H2,1-10H3. The van der Waals surface area contributed by atoms with Gasteiger partial charge in [-0.3, -0.25) is 0 Å². The quantitative estimate of drug-likeness (QED) is 0.156. The molecule has 2 aromatic rings. The van der Waals surface area contributed by atoms with Gasteiger partial charge < -0.3 is 0 Å². The van der Waals surface area contributed by atoms with Crippen molar-refractivity contribution in [2.45, 2.75) is 127 Å². The Bertz CT molecular complexity index is 2380. The van der Waals surface area contributed by atoms with Crippen LogP contribution in [0.1, 0.15) is 108 Å². The van der Waals surface area contributed by atoms with Crippen molar-refractivity contribution >= 4 is 29.5 Å². The molecule has 6 nitrogen and oxygen atoms in total. The van der Waals surface area contributed by atoms with Crippen molar-refractivity contribution in [1.29, 1.82) is 0 Å². The van der Waals surface area contributed by atoms with Crippen LogP contribution in [0.25, 0.3) is 0 Å². The number of hydrogen-bond donors (Lipinski definition) is 0. The van der Waals surface area contributed by atoms with Gasteiger partial charge >= 0.3 is 0 Å². The third-order valence-corrected chi connectivity index (χ3v) is 19.8. The molecule has 2 unspecified atom stereocenters. The monoisotopic (exact) mass is 882 g/mol. The Kier molecular flexibility index (Phi) is 16.8. The number of rotatable bonds is 16. The second-order valence-electron chi connectivity index (χ2n) is 17.9. The van der Waals surface area contributed by atoms with E-state index in [1.807, 2.05) is 26.0 Å². The van der Waals surface area contributed by atoms with Crippen LogP contribution in [0.15, 0.2) is 188 Å². The molecule has 2 aliphatic carbocycles. The van der Waals surface area contributed by atoms with E-state index in [1.54, 1.807) is 50.3 Å². The van der Waals surface area contributed by atoms with Crippen LogP contribution < -0.4 is 0 Å². The lowest BCUT2D eigenvalue weighted by molar-refractivity contribution is 0.376. The summed E-state index contributed by atoms with van der Waals surface area (Å²) in [6, 6.07) is 14.6. The first-order valence-electron chi connectivity index (χ1n) is 21.1. The minimum absolute atomic E-state index is 0.0892. The summed E-state index contributed by atoms with van der Waals surface area (Å²) in [5, 5.41) is 0. The maximum absolute atomic E-state index is 15.0. The van der Waals surface area contributed by atoms with Gasteiger partial charge in [0.05, 0.1) is 9.79 Å². The molecule has 0 bridgehead atoms. The van der Waals surface area contributed by atoms with Gasteiger partial charge in [-0.1, -0.05) is 158 Å². The van der Waals surface area contributed by atoms with Gasteiger partial charge in [0.2, 0.25) is 0 Å². The summed E-state index contributed by atoms with van der Waals surface area (Å²) < 4.78 is 83.2. The summed E-state index contributed by atoms with van der Waals surface area (Å²) in [6.45, 7) is 20.5. The molecule has 0 amide bonds.